The molecule has 104 valence electrons. The lowest BCUT2D eigenvalue weighted by Crippen LogP contribution is -2.08. The largest absolute Gasteiger partial charge is 0.457 e. The number of rotatable bonds is 3. The molecule has 0 aliphatic rings. The van der Waals surface area contributed by atoms with Crippen LogP contribution >= 0.6 is 0 Å². The van der Waals surface area contributed by atoms with Crippen LogP contribution in [0.1, 0.15) is 15.9 Å². The molecule has 2 aromatic rings. The molecule has 0 saturated carbocycles. The maximum Gasteiger partial charge on any atom is 0.419 e. The Kier molecular flexibility index (Phi) is 3.74. The predicted octanol–water partition coefficient (Wildman–Crippen LogP) is 4.45. The van der Waals surface area contributed by atoms with E-state index in [1.807, 2.05) is 0 Å². The lowest BCUT2D eigenvalue weighted by molar-refractivity contribution is -0.140. The molecule has 6 heteroatoms. The van der Waals surface area contributed by atoms with Gasteiger partial charge in [-0.1, -0.05) is 12.1 Å². The van der Waals surface area contributed by atoms with Crippen molar-refractivity contribution in [3.63, 3.8) is 0 Å². The first kappa shape index (κ1) is 14.0. The first-order valence-corrected chi connectivity index (χ1v) is 5.50. The number of hydrogen-bond acceptors (Lipinski definition) is 2. The summed E-state index contributed by atoms with van der Waals surface area (Å²) in [7, 11) is 0. The highest BCUT2D eigenvalue weighted by Crippen LogP contribution is 2.35. The van der Waals surface area contributed by atoms with Crippen molar-refractivity contribution in [3.8, 4) is 11.5 Å². The molecule has 0 amide bonds. The van der Waals surface area contributed by atoms with Gasteiger partial charge in [-0.15, -0.1) is 0 Å². The number of hydrogen-bond donors (Lipinski definition) is 0. The van der Waals surface area contributed by atoms with Crippen LogP contribution in [0.5, 0.6) is 11.5 Å². The van der Waals surface area contributed by atoms with Crippen molar-refractivity contribution in [2.75, 3.05) is 0 Å². The van der Waals surface area contributed by atoms with Crippen molar-refractivity contribution in [3.05, 3.63) is 59.4 Å². The molecule has 2 nitrogen and oxygen atoms in total. The molecule has 0 fully saturated rings. The minimum absolute atomic E-state index is 0.0993. The quantitative estimate of drug-likeness (QED) is 0.615. The fourth-order valence-electron chi connectivity index (χ4n) is 1.58. The van der Waals surface area contributed by atoms with E-state index in [-0.39, 0.29) is 17.1 Å². The van der Waals surface area contributed by atoms with Crippen molar-refractivity contribution in [1.82, 2.24) is 0 Å². The summed E-state index contributed by atoms with van der Waals surface area (Å²) in [6, 6.07) is 8.32. The molecule has 0 aromatic heterocycles. The van der Waals surface area contributed by atoms with Gasteiger partial charge in [-0.2, -0.15) is 13.2 Å². The molecular weight excluding hydrogens is 276 g/mol. The highest BCUT2D eigenvalue weighted by atomic mass is 19.4. The van der Waals surface area contributed by atoms with Crippen molar-refractivity contribution >= 4 is 6.29 Å². The van der Waals surface area contributed by atoms with Crippen LogP contribution in [0.25, 0.3) is 0 Å². The van der Waals surface area contributed by atoms with Crippen LogP contribution in [-0.2, 0) is 6.18 Å². The Balaban J connectivity index is 2.38. The molecule has 0 heterocycles. The predicted molar refractivity (Wildman–Crippen MR) is 63.3 cm³/mol. The van der Waals surface area contributed by atoms with Crippen molar-refractivity contribution in [2.45, 2.75) is 6.18 Å². The molecule has 0 aliphatic heterocycles. The van der Waals surface area contributed by atoms with Crippen LogP contribution in [0.3, 0.4) is 0 Å². The lowest BCUT2D eigenvalue weighted by Gasteiger charge is -2.11. The number of carbonyl (C=O) groups is 1. The molecule has 0 bridgehead atoms. The van der Waals surface area contributed by atoms with Gasteiger partial charge in [0.2, 0.25) is 0 Å². The van der Waals surface area contributed by atoms with E-state index in [0.29, 0.717) is 18.4 Å². The average molecular weight is 284 g/mol. The van der Waals surface area contributed by atoms with Gasteiger partial charge in [0.25, 0.3) is 0 Å². The lowest BCUT2D eigenvalue weighted by atomic mass is 10.2. The third-order valence-corrected chi connectivity index (χ3v) is 2.52. The summed E-state index contributed by atoms with van der Waals surface area (Å²) >= 11 is 0. The van der Waals surface area contributed by atoms with Gasteiger partial charge in [0, 0.05) is 0 Å². The number of alkyl halides is 3. The average Bonchev–Trinajstić information content (AvgIpc) is 2.40. The van der Waals surface area contributed by atoms with E-state index in [1.165, 1.54) is 12.1 Å². The zero-order valence-corrected chi connectivity index (χ0v) is 9.95. The molecule has 0 saturated heterocycles. The van der Waals surface area contributed by atoms with E-state index in [1.54, 1.807) is 12.1 Å². The Morgan fingerprint density at radius 1 is 1.05 bits per heavy atom. The molecule has 0 radical (unpaired) electrons. The van der Waals surface area contributed by atoms with Crippen LogP contribution in [0.15, 0.2) is 42.5 Å². The number of aldehydes is 1. The van der Waals surface area contributed by atoms with Crippen LogP contribution in [0.2, 0.25) is 0 Å². The first-order valence-electron chi connectivity index (χ1n) is 5.50. The van der Waals surface area contributed by atoms with Gasteiger partial charge >= 0.3 is 6.18 Å². The third kappa shape index (κ3) is 2.96. The highest BCUT2D eigenvalue weighted by Gasteiger charge is 2.34. The van der Waals surface area contributed by atoms with Gasteiger partial charge in [-0.25, -0.2) is 4.39 Å². The summed E-state index contributed by atoms with van der Waals surface area (Å²) in [5.74, 6) is -1.48. The SMILES string of the molecule is O=Cc1ccccc1Oc1ccc(F)c(C(F)(F)F)c1. The van der Waals surface area contributed by atoms with Crippen LogP contribution in [-0.4, -0.2) is 6.29 Å². The number of halogens is 4. The zero-order chi connectivity index (χ0) is 14.8. The minimum Gasteiger partial charge on any atom is -0.457 e. The molecule has 2 rings (SSSR count). The molecule has 20 heavy (non-hydrogen) atoms. The van der Waals surface area contributed by atoms with Crippen LogP contribution in [0.4, 0.5) is 17.6 Å². The van der Waals surface area contributed by atoms with Crippen molar-refractivity contribution in [1.29, 1.82) is 0 Å². The molecule has 0 spiro atoms. The van der Waals surface area contributed by atoms with Crippen molar-refractivity contribution < 1.29 is 27.1 Å². The van der Waals surface area contributed by atoms with Gasteiger partial charge in [0.15, 0.2) is 6.29 Å². The Hall–Kier alpha value is -2.37. The van der Waals surface area contributed by atoms with E-state index in [0.717, 1.165) is 6.07 Å². The standard InChI is InChI=1S/C14H8F4O2/c15-12-6-5-10(7-11(12)14(16,17)18)20-13-4-2-1-3-9(13)8-19/h1-8H. The Morgan fingerprint density at radius 2 is 1.75 bits per heavy atom. The van der Waals surface area contributed by atoms with E-state index in [4.69, 9.17) is 4.74 Å². The number of benzene rings is 2. The van der Waals surface area contributed by atoms with Crippen LogP contribution in [0, 0.1) is 5.82 Å². The highest BCUT2D eigenvalue weighted by molar-refractivity contribution is 5.79. The maximum absolute atomic E-state index is 13.1. The van der Waals surface area contributed by atoms with Gasteiger partial charge in [-0.3, -0.25) is 4.79 Å². The molecule has 2 aromatic carbocycles. The number of para-hydroxylation sites is 1. The van der Waals surface area contributed by atoms with E-state index in [9.17, 15) is 22.4 Å². The van der Waals surface area contributed by atoms with Crippen LogP contribution < -0.4 is 4.74 Å². The summed E-state index contributed by atoms with van der Waals surface area (Å²) in [6.45, 7) is 0. The maximum atomic E-state index is 13.1. The summed E-state index contributed by atoms with van der Waals surface area (Å²) in [5, 5.41) is 0. The number of carbonyl (C=O) groups excluding carboxylic acids is 1. The van der Waals surface area contributed by atoms with E-state index >= 15 is 0 Å². The monoisotopic (exact) mass is 284 g/mol. The normalized spacial score (nSPS) is 11.2. The third-order valence-electron chi connectivity index (χ3n) is 2.52. The Morgan fingerprint density at radius 3 is 2.40 bits per heavy atom. The molecular formula is C14H8F4O2. The van der Waals surface area contributed by atoms with E-state index < -0.39 is 17.6 Å². The van der Waals surface area contributed by atoms with Gasteiger partial charge in [0.1, 0.15) is 17.3 Å². The van der Waals surface area contributed by atoms with Gasteiger partial charge in [-0.05, 0) is 30.3 Å². The van der Waals surface area contributed by atoms with Gasteiger partial charge in [0.05, 0.1) is 11.1 Å². The summed E-state index contributed by atoms with van der Waals surface area (Å²) < 4.78 is 56.0. The number of ether oxygens (including phenoxy) is 1. The molecule has 0 N–H and O–H groups in total. The second-order valence-electron chi connectivity index (χ2n) is 3.90. The summed E-state index contributed by atoms with van der Waals surface area (Å²) in [4.78, 5) is 10.8. The molecule has 0 aliphatic carbocycles. The van der Waals surface area contributed by atoms with E-state index in [2.05, 4.69) is 0 Å². The summed E-state index contributed by atoms with van der Waals surface area (Å²) in [5.41, 5.74) is -1.23. The van der Waals surface area contributed by atoms with Crippen molar-refractivity contribution in [2.24, 2.45) is 0 Å². The first-order chi connectivity index (χ1) is 9.41. The Bertz CT molecular complexity index is 635. The topological polar surface area (TPSA) is 26.3 Å². The second kappa shape index (κ2) is 5.32. The smallest absolute Gasteiger partial charge is 0.419 e. The molecule has 0 unspecified atom stereocenters. The molecule has 0 atom stereocenters. The Labute approximate surface area is 111 Å². The van der Waals surface area contributed by atoms with Gasteiger partial charge < -0.3 is 4.74 Å². The fraction of sp³-hybridized carbons (Fsp3) is 0.0714. The fourth-order valence-corrected chi connectivity index (χ4v) is 1.58. The minimum atomic E-state index is -4.81. The zero-order valence-electron chi connectivity index (χ0n) is 9.95. The second-order valence-corrected chi connectivity index (χ2v) is 3.90. The summed E-state index contributed by atoms with van der Waals surface area (Å²) in [6.07, 6.45) is -4.29.